The molecule has 2 rings (SSSR count). The molecule has 0 atom stereocenters. The molecule has 0 amide bonds. The van der Waals surface area contributed by atoms with Gasteiger partial charge in [0.25, 0.3) is 0 Å². The first-order valence-electron chi connectivity index (χ1n) is 5.62. The van der Waals surface area contributed by atoms with E-state index in [2.05, 4.69) is 9.97 Å². The predicted molar refractivity (Wildman–Crippen MR) is 70.4 cm³/mol. The summed E-state index contributed by atoms with van der Waals surface area (Å²) in [5.41, 5.74) is -0.322. The summed E-state index contributed by atoms with van der Waals surface area (Å²) < 4.78 is 10.3. The van der Waals surface area contributed by atoms with E-state index in [1.807, 2.05) is 0 Å². The number of carbonyl (C=O) groups is 1. The van der Waals surface area contributed by atoms with Crippen LogP contribution in [0.25, 0.3) is 11.3 Å². The standard InChI is InChI=1S/C13H12N2O5/c1-19-7-3-4-11(20-2)8(5-7)9-6-10(12(16)17)15-13(18)14-9/h3-6H,1-2H3,(H,16,17)(H,14,15,18). The third-order valence-corrected chi connectivity index (χ3v) is 2.66. The second-order valence-corrected chi connectivity index (χ2v) is 3.86. The Morgan fingerprint density at radius 3 is 2.60 bits per heavy atom. The van der Waals surface area contributed by atoms with Crippen molar-refractivity contribution in [3.63, 3.8) is 0 Å². The van der Waals surface area contributed by atoms with Crippen molar-refractivity contribution in [2.75, 3.05) is 14.2 Å². The maximum Gasteiger partial charge on any atom is 0.352 e. The molecule has 7 nitrogen and oxygen atoms in total. The first-order chi connectivity index (χ1) is 9.55. The molecule has 2 N–H and O–H groups in total. The molecule has 0 saturated heterocycles. The van der Waals surface area contributed by atoms with Crippen molar-refractivity contribution in [3.05, 3.63) is 40.4 Å². The highest BCUT2D eigenvalue weighted by molar-refractivity contribution is 5.87. The summed E-state index contributed by atoms with van der Waals surface area (Å²) in [4.78, 5) is 28.3. The van der Waals surface area contributed by atoms with Crippen LogP contribution in [0.2, 0.25) is 0 Å². The highest BCUT2D eigenvalue weighted by atomic mass is 16.5. The zero-order valence-corrected chi connectivity index (χ0v) is 10.8. The molecule has 1 heterocycles. The number of aromatic carboxylic acids is 1. The fraction of sp³-hybridized carbons (Fsp3) is 0.154. The normalized spacial score (nSPS) is 10.1. The van der Waals surface area contributed by atoms with Crippen LogP contribution in [-0.4, -0.2) is 35.3 Å². The molecule has 7 heteroatoms. The maximum atomic E-state index is 11.4. The fourth-order valence-electron chi connectivity index (χ4n) is 1.73. The minimum atomic E-state index is -1.24. The van der Waals surface area contributed by atoms with Gasteiger partial charge in [0.1, 0.15) is 17.2 Å². The number of hydrogen-bond donors (Lipinski definition) is 2. The molecule has 0 unspecified atom stereocenters. The molecular weight excluding hydrogens is 264 g/mol. The monoisotopic (exact) mass is 276 g/mol. The van der Waals surface area contributed by atoms with Crippen LogP contribution in [0.1, 0.15) is 10.5 Å². The largest absolute Gasteiger partial charge is 0.497 e. The van der Waals surface area contributed by atoms with Gasteiger partial charge in [-0.2, -0.15) is 4.98 Å². The van der Waals surface area contributed by atoms with Gasteiger partial charge < -0.3 is 14.6 Å². The minimum absolute atomic E-state index is 0.196. The maximum absolute atomic E-state index is 11.4. The second-order valence-electron chi connectivity index (χ2n) is 3.86. The van der Waals surface area contributed by atoms with Crippen LogP contribution < -0.4 is 15.2 Å². The Labute approximate surface area is 113 Å². The number of aromatic nitrogens is 2. The summed E-state index contributed by atoms with van der Waals surface area (Å²) >= 11 is 0. The number of hydrogen-bond acceptors (Lipinski definition) is 5. The molecule has 0 spiro atoms. The number of methoxy groups -OCH3 is 2. The SMILES string of the molecule is COc1ccc(OC)c(-c2cc(C(=O)O)[nH]c(=O)n2)c1. The quantitative estimate of drug-likeness (QED) is 0.868. The summed E-state index contributed by atoms with van der Waals surface area (Å²) in [6.45, 7) is 0. The van der Waals surface area contributed by atoms with Gasteiger partial charge in [-0.3, -0.25) is 4.98 Å². The van der Waals surface area contributed by atoms with Gasteiger partial charge in [0.15, 0.2) is 0 Å². The zero-order valence-electron chi connectivity index (χ0n) is 10.8. The number of H-pyrrole nitrogens is 1. The first-order valence-corrected chi connectivity index (χ1v) is 5.62. The third kappa shape index (κ3) is 2.61. The third-order valence-electron chi connectivity index (χ3n) is 2.66. The van der Waals surface area contributed by atoms with Crippen LogP contribution >= 0.6 is 0 Å². The Morgan fingerprint density at radius 1 is 1.25 bits per heavy atom. The Balaban J connectivity index is 2.66. The summed E-state index contributed by atoms with van der Waals surface area (Å²) in [6, 6.07) is 6.22. The number of carboxylic acid groups (broad SMARTS) is 1. The number of nitrogens with one attached hydrogen (secondary N) is 1. The van der Waals surface area contributed by atoms with E-state index in [1.54, 1.807) is 18.2 Å². The Morgan fingerprint density at radius 2 is 2.00 bits per heavy atom. The molecule has 0 fully saturated rings. The molecule has 104 valence electrons. The highest BCUT2D eigenvalue weighted by Crippen LogP contribution is 2.31. The van der Waals surface area contributed by atoms with Crippen LogP contribution in [0.5, 0.6) is 11.5 Å². The van der Waals surface area contributed by atoms with Gasteiger partial charge in [0, 0.05) is 5.56 Å². The lowest BCUT2D eigenvalue weighted by Crippen LogP contribution is -2.16. The number of rotatable bonds is 4. The van der Waals surface area contributed by atoms with E-state index in [4.69, 9.17) is 14.6 Å². The van der Waals surface area contributed by atoms with Crippen molar-refractivity contribution >= 4 is 5.97 Å². The van der Waals surface area contributed by atoms with E-state index < -0.39 is 11.7 Å². The summed E-state index contributed by atoms with van der Waals surface area (Å²) in [7, 11) is 2.97. The number of carboxylic acids is 1. The fourth-order valence-corrected chi connectivity index (χ4v) is 1.73. The average molecular weight is 276 g/mol. The van der Waals surface area contributed by atoms with Crippen LogP contribution in [0.3, 0.4) is 0 Å². The van der Waals surface area contributed by atoms with E-state index >= 15 is 0 Å². The Bertz CT molecular complexity index is 708. The molecular formula is C13H12N2O5. The lowest BCUT2D eigenvalue weighted by atomic mass is 10.1. The number of benzene rings is 1. The molecule has 0 aliphatic rings. The highest BCUT2D eigenvalue weighted by Gasteiger charge is 2.13. The Hall–Kier alpha value is -2.83. The summed E-state index contributed by atoms with van der Waals surface area (Å²) in [5, 5.41) is 8.95. The van der Waals surface area contributed by atoms with Crippen LogP contribution in [0, 0.1) is 0 Å². The Kier molecular flexibility index (Phi) is 3.69. The molecule has 0 aliphatic heterocycles. The lowest BCUT2D eigenvalue weighted by Gasteiger charge is -2.10. The van der Waals surface area contributed by atoms with Crippen molar-refractivity contribution in [2.45, 2.75) is 0 Å². The van der Waals surface area contributed by atoms with Gasteiger partial charge >= 0.3 is 11.7 Å². The first kappa shape index (κ1) is 13.6. The minimum Gasteiger partial charge on any atom is -0.497 e. The molecule has 0 bridgehead atoms. The van der Waals surface area contributed by atoms with Crippen LogP contribution in [0.4, 0.5) is 0 Å². The molecule has 1 aromatic heterocycles. The van der Waals surface area contributed by atoms with Gasteiger partial charge in [-0.25, -0.2) is 9.59 Å². The molecule has 20 heavy (non-hydrogen) atoms. The van der Waals surface area contributed by atoms with E-state index in [0.717, 1.165) is 0 Å². The molecule has 1 aromatic carbocycles. The number of aromatic amines is 1. The topological polar surface area (TPSA) is 102 Å². The number of ether oxygens (including phenoxy) is 2. The van der Waals surface area contributed by atoms with Crippen LogP contribution in [0.15, 0.2) is 29.1 Å². The van der Waals surface area contributed by atoms with Gasteiger partial charge in [0.05, 0.1) is 19.9 Å². The zero-order chi connectivity index (χ0) is 14.7. The lowest BCUT2D eigenvalue weighted by molar-refractivity contribution is 0.0690. The molecule has 0 radical (unpaired) electrons. The second kappa shape index (κ2) is 5.43. The predicted octanol–water partition coefficient (Wildman–Crippen LogP) is 1.15. The van der Waals surface area contributed by atoms with Crippen LogP contribution in [-0.2, 0) is 0 Å². The van der Waals surface area contributed by atoms with Gasteiger partial charge in [-0.15, -0.1) is 0 Å². The van der Waals surface area contributed by atoms with Gasteiger partial charge in [-0.1, -0.05) is 0 Å². The molecule has 0 saturated carbocycles. The summed E-state index contributed by atoms with van der Waals surface area (Å²) in [5.74, 6) is -0.243. The van der Waals surface area contributed by atoms with Crippen molar-refractivity contribution in [3.8, 4) is 22.8 Å². The van der Waals surface area contributed by atoms with E-state index in [0.29, 0.717) is 17.1 Å². The van der Waals surface area contributed by atoms with Crippen molar-refractivity contribution in [2.24, 2.45) is 0 Å². The van der Waals surface area contributed by atoms with E-state index in [1.165, 1.54) is 20.3 Å². The van der Waals surface area contributed by atoms with E-state index in [9.17, 15) is 9.59 Å². The number of nitrogens with zero attached hydrogens (tertiary/aromatic N) is 1. The molecule has 0 aliphatic carbocycles. The molecule has 2 aromatic rings. The van der Waals surface area contributed by atoms with Crippen molar-refractivity contribution in [1.82, 2.24) is 9.97 Å². The van der Waals surface area contributed by atoms with Crippen molar-refractivity contribution < 1.29 is 19.4 Å². The van der Waals surface area contributed by atoms with Gasteiger partial charge in [-0.05, 0) is 24.3 Å². The van der Waals surface area contributed by atoms with Crippen molar-refractivity contribution in [1.29, 1.82) is 0 Å². The van der Waals surface area contributed by atoms with Gasteiger partial charge in [0.2, 0.25) is 0 Å². The average Bonchev–Trinajstić information content (AvgIpc) is 2.45. The van der Waals surface area contributed by atoms with E-state index in [-0.39, 0.29) is 11.4 Å². The summed E-state index contributed by atoms with van der Waals surface area (Å²) in [6.07, 6.45) is 0. The smallest absolute Gasteiger partial charge is 0.352 e.